The number of nitrogens with two attached hydrogens (primary N) is 1. The van der Waals surface area contributed by atoms with Crippen molar-refractivity contribution in [2.75, 3.05) is 13.1 Å². The fourth-order valence-electron chi connectivity index (χ4n) is 3.59. The van der Waals surface area contributed by atoms with Crippen molar-refractivity contribution in [3.8, 4) is 0 Å². The quantitative estimate of drug-likeness (QED) is 0.624. The van der Waals surface area contributed by atoms with Gasteiger partial charge in [0.25, 0.3) is 5.69 Å². The minimum atomic E-state index is -3.81. The molecule has 10 heteroatoms. The molecule has 3 atom stereocenters. The largest absolute Gasteiger partial charge is 0.327 e. The molecule has 2 fully saturated rings. The first-order valence-electron chi connectivity index (χ1n) is 7.42. The Morgan fingerprint density at radius 2 is 2.00 bits per heavy atom. The summed E-state index contributed by atoms with van der Waals surface area (Å²) in [4.78, 5) is 10.4. The van der Waals surface area contributed by atoms with Crippen molar-refractivity contribution in [3.05, 3.63) is 32.8 Å². The number of nitrogens with zero attached hydrogens (tertiary/aromatic N) is 2. The SMILES string of the molecule is Cc1c(Cl)cc(S(=O)(=O)N2CC3CCC(N)C3C2)cc1[N+](=O)[O-].Cl. The monoisotopic (exact) mass is 395 g/mol. The summed E-state index contributed by atoms with van der Waals surface area (Å²) in [6.07, 6.45) is 1.84. The Labute approximate surface area is 151 Å². The van der Waals surface area contributed by atoms with E-state index in [1.807, 2.05) is 0 Å². The van der Waals surface area contributed by atoms with Crippen LogP contribution in [-0.4, -0.2) is 36.8 Å². The van der Waals surface area contributed by atoms with E-state index in [2.05, 4.69) is 0 Å². The molecule has 1 aromatic rings. The van der Waals surface area contributed by atoms with Gasteiger partial charge in [-0.15, -0.1) is 12.4 Å². The molecule has 0 aromatic heterocycles. The van der Waals surface area contributed by atoms with E-state index in [9.17, 15) is 18.5 Å². The zero-order valence-electron chi connectivity index (χ0n) is 13.0. The number of halogens is 2. The summed E-state index contributed by atoms with van der Waals surface area (Å²) in [7, 11) is -3.81. The van der Waals surface area contributed by atoms with Crippen LogP contribution in [0.1, 0.15) is 18.4 Å². The van der Waals surface area contributed by atoms with Gasteiger partial charge < -0.3 is 5.73 Å². The van der Waals surface area contributed by atoms with Gasteiger partial charge in [-0.3, -0.25) is 10.1 Å². The smallest absolute Gasteiger partial charge is 0.275 e. The summed E-state index contributed by atoms with van der Waals surface area (Å²) in [6, 6.07) is 2.40. The third-order valence-electron chi connectivity index (χ3n) is 5.00. The maximum atomic E-state index is 12.8. The van der Waals surface area contributed by atoms with Crippen LogP contribution in [0, 0.1) is 28.9 Å². The van der Waals surface area contributed by atoms with Crippen LogP contribution in [0.5, 0.6) is 0 Å². The number of hydrogen-bond acceptors (Lipinski definition) is 5. The number of fused-ring (bicyclic) bond motifs is 1. The molecule has 3 rings (SSSR count). The molecule has 0 bridgehead atoms. The highest BCUT2D eigenvalue weighted by Gasteiger charge is 2.45. The minimum absolute atomic E-state index is 0. The molecule has 24 heavy (non-hydrogen) atoms. The first-order valence-corrected chi connectivity index (χ1v) is 9.24. The van der Waals surface area contributed by atoms with Crippen LogP contribution in [0.25, 0.3) is 0 Å². The molecule has 0 amide bonds. The van der Waals surface area contributed by atoms with Crippen LogP contribution in [0.2, 0.25) is 5.02 Å². The Kier molecular flexibility index (Phi) is 5.46. The molecule has 1 saturated carbocycles. The summed E-state index contributed by atoms with van der Waals surface area (Å²) in [5, 5.41) is 11.2. The topological polar surface area (TPSA) is 107 Å². The molecular formula is C14H19Cl2N3O4S. The zero-order chi connectivity index (χ0) is 16.9. The van der Waals surface area contributed by atoms with Crippen molar-refractivity contribution in [3.63, 3.8) is 0 Å². The number of hydrogen-bond donors (Lipinski definition) is 1. The minimum Gasteiger partial charge on any atom is -0.327 e. The van der Waals surface area contributed by atoms with Gasteiger partial charge in [0.15, 0.2) is 0 Å². The molecule has 7 nitrogen and oxygen atoms in total. The summed E-state index contributed by atoms with van der Waals surface area (Å²) < 4.78 is 27.0. The normalized spacial score (nSPS) is 26.9. The lowest BCUT2D eigenvalue weighted by molar-refractivity contribution is -0.385. The van der Waals surface area contributed by atoms with Gasteiger partial charge in [0, 0.05) is 30.8 Å². The van der Waals surface area contributed by atoms with E-state index in [1.54, 1.807) is 0 Å². The standard InChI is InChI=1S/C14H18ClN3O4S.ClH/c1-8-12(15)4-10(5-14(8)18(19)20)23(21,22)17-6-9-2-3-13(16)11(9)7-17;/h4-5,9,11,13H,2-3,6-7,16H2,1H3;1H. The second-order valence-corrected chi connectivity index (χ2v) is 8.64. The Hall–Kier alpha value is -0.930. The lowest BCUT2D eigenvalue weighted by Gasteiger charge is -2.19. The van der Waals surface area contributed by atoms with E-state index < -0.39 is 14.9 Å². The Balaban J connectivity index is 0.00000208. The number of rotatable bonds is 3. The third kappa shape index (κ3) is 3.13. The van der Waals surface area contributed by atoms with Gasteiger partial charge in [0.2, 0.25) is 10.0 Å². The summed E-state index contributed by atoms with van der Waals surface area (Å²) in [6.45, 7) is 2.28. The second-order valence-electron chi connectivity index (χ2n) is 6.29. The van der Waals surface area contributed by atoms with Crippen LogP contribution in [0.15, 0.2) is 17.0 Å². The Morgan fingerprint density at radius 1 is 1.33 bits per heavy atom. The molecule has 0 radical (unpaired) electrons. The number of nitro groups is 1. The predicted molar refractivity (Wildman–Crippen MR) is 93.0 cm³/mol. The van der Waals surface area contributed by atoms with Crippen molar-refractivity contribution in [2.24, 2.45) is 17.6 Å². The lowest BCUT2D eigenvalue weighted by atomic mass is 9.98. The van der Waals surface area contributed by atoms with Crippen LogP contribution < -0.4 is 5.73 Å². The molecule has 2 N–H and O–H groups in total. The van der Waals surface area contributed by atoms with Crippen LogP contribution in [0.3, 0.4) is 0 Å². The van der Waals surface area contributed by atoms with Gasteiger partial charge >= 0.3 is 0 Å². The average Bonchev–Trinajstić information content (AvgIpc) is 3.04. The van der Waals surface area contributed by atoms with Crippen molar-refractivity contribution in [1.82, 2.24) is 4.31 Å². The maximum Gasteiger partial charge on any atom is 0.275 e. The maximum absolute atomic E-state index is 12.8. The molecule has 1 saturated heterocycles. The average molecular weight is 396 g/mol. The second kappa shape index (κ2) is 6.76. The molecule has 3 unspecified atom stereocenters. The van der Waals surface area contributed by atoms with Crippen molar-refractivity contribution in [1.29, 1.82) is 0 Å². The molecule has 1 aliphatic carbocycles. The van der Waals surface area contributed by atoms with Gasteiger partial charge in [-0.25, -0.2) is 8.42 Å². The molecule has 1 heterocycles. The number of nitro benzene ring substituents is 1. The first-order chi connectivity index (χ1) is 10.7. The third-order valence-corrected chi connectivity index (χ3v) is 7.21. The van der Waals surface area contributed by atoms with E-state index in [-0.39, 0.29) is 51.5 Å². The molecule has 1 aromatic carbocycles. The Morgan fingerprint density at radius 3 is 2.58 bits per heavy atom. The van der Waals surface area contributed by atoms with E-state index in [0.29, 0.717) is 13.1 Å². The van der Waals surface area contributed by atoms with Crippen LogP contribution in [0.4, 0.5) is 5.69 Å². The molecule has 2 aliphatic rings. The lowest BCUT2D eigenvalue weighted by Crippen LogP contribution is -2.33. The fraction of sp³-hybridized carbons (Fsp3) is 0.571. The molecule has 0 spiro atoms. The van der Waals surface area contributed by atoms with Gasteiger partial charge in [0.05, 0.1) is 14.8 Å². The summed E-state index contributed by atoms with van der Waals surface area (Å²) in [5.41, 5.74) is 6.02. The van der Waals surface area contributed by atoms with Gasteiger partial charge in [-0.2, -0.15) is 4.31 Å². The highest BCUT2D eigenvalue weighted by Crippen LogP contribution is 2.40. The van der Waals surface area contributed by atoms with Crippen molar-refractivity contribution >= 4 is 39.7 Å². The number of sulfonamides is 1. The summed E-state index contributed by atoms with van der Waals surface area (Å²) in [5.74, 6) is 0.441. The van der Waals surface area contributed by atoms with E-state index in [4.69, 9.17) is 17.3 Å². The van der Waals surface area contributed by atoms with Crippen LogP contribution in [-0.2, 0) is 10.0 Å². The number of benzene rings is 1. The molecular weight excluding hydrogens is 377 g/mol. The van der Waals surface area contributed by atoms with E-state index in [0.717, 1.165) is 18.9 Å². The van der Waals surface area contributed by atoms with E-state index in [1.165, 1.54) is 17.3 Å². The zero-order valence-corrected chi connectivity index (χ0v) is 15.4. The summed E-state index contributed by atoms with van der Waals surface area (Å²) >= 11 is 5.99. The van der Waals surface area contributed by atoms with Gasteiger partial charge in [-0.05, 0) is 37.7 Å². The molecule has 134 valence electrons. The van der Waals surface area contributed by atoms with Gasteiger partial charge in [0.1, 0.15) is 0 Å². The fourth-order valence-corrected chi connectivity index (χ4v) is 5.45. The van der Waals surface area contributed by atoms with Gasteiger partial charge in [-0.1, -0.05) is 11.6 Å². The predicted octanol–water partition coefficient (Wildman–Crippen LogP) is 2.34. The van der Waals surface area contributed by atoms with Crippen molar-refractivity contribution in [2.45, 2.75) is 30.7 Å². The van der Waals surface area contributed by atoms with Crippen LogP contribution >= 0.6 is 24.0 Å². The Bertz CT molecular complexity index is 772. The first kappa shape index (κ1) is 19.4. The highest BCUT2D eigenvalue weighted by molar-refractivity contribution is 7.89. The molecule has 1 aliphatic heterocycles. The van der Waals surface area contributed by atoms with Crippen molar-refractivity contribution < 1.29 is 13.3 Å². The highest BCUT2D eigenvalue weighted by atomic mass is 35.5. The van der Waals surface area contributed by atoms with E-state index >= 15 is 0 Å².